The van der Waals surface area contributed by atoms with Crippen LogP contribution in [-0.2, 0) is 11.2 Å². The molecule has 0 amide bonds. The Labute approximate surface area is 108 Å². The van der Waals surface area contributed by atoms with Crippen molar-refractivity contribution >= 4 is 29.5 Å². The fourth-order valence-corrected chi connectivity index (χ4v) is 1.71. The Hall–Kier alpha value is -1.45. The van der Waals surface area contributed by atoms with Gasteiger partial charge < -0.3 is 4.79 Å². The first-order valence-corrected chi connectivity index (χ1v) is 5.66. The second-order valence-corrected chi connectivity index (χ2v) is 4.21. The molecule has 0 bridgehead atoms. The van der Waals surface area contributed by atoms with Crippen LogP contribution >= 0.6 is 23.2 Å². The van der Waals surface area contributed by atoms with Gasteiger partial charge in [-0.1, -0.05) is 29.3 Å². The lowest BCUT2D eigenvalue weighted by atomic mass is 10.1. The highest BCUT2D eigenvalue weighted by molar-refractivity contribution is 6.42. The number of carbonyl (C=O) groups is 1. The molecular weight excluding hydrogens is 259 g/mol. The van der Waals surface area contributed by atoms with Gasteiger partial charge in [-0.25, -0.2) is 9.97 Å². The lowest BCUT2D eigenvalue weighted by molar-refractivity contribution is -0.107. The third kappa shape index (κ3) is 2.81. The molecule has 86 valence electrons. The van der Waals surface area contributed by atoms with Gasteiger partial charge in [-0.05, 0) is 18.2 Å². The number of carbonyl (C=O) groups excluding carboxylic acids is 1. The molecule has 0 radical (unpaired) electrons. The van der Waals surface area contributed by atoms with E-state index in [-0.39, 0.29) is 6.42 Å². The van der Waals surface area contributed by atoms with Crippen molar-refractivity contribution in [3.8, 4) is 11.3 Å². The molecule has 0 aliphatic carbocycles. The van der Waals surface area contributed by atoms with Gasteiger partial charge in [0.2, 0.25) is 0 Å². The Bertz CT molecular complexity index is 558. The molecule has 0 fully saturated rings. The minimum Gasteiger partial charge on any atom is -0.303 e. The van der Waals surface area contributed by atoms with Gasteiger partial charge in [0, 0.05) is 12.0 Å². The van der Waals surface area contributed by atoms with Gasteiger partial charge in [0.1, 0.15) is 12.6 Å². The van der Waals surface area contributed by atoms with Gasteiger partial charge in [0.25, 0.3) is 0 Å². The maximum Gasteiger partial charge on any atom is 0.125 e. The van der Waals surface area contributed by atoms with Crippen LogP contribution in [0.25, 0.3) is 11.3 Å². The normalized spacial score (nSPS) is 10.2. The van der Waals surface area contributed by atoms with E-state index in [1.54, 1.807) is 18.2 Å². The quantitative estimate of drug-likeness (QED) is 0.802. The van der Waals surface area contributed by atoms with E-state index in [9.17, 15) is 4.79 Å². The fourth-order valence-electron chi connectivity index (χ4n) is 1.41. The molecule has 0 saturated carbocycles. The van der Waals surface area contributed by atoms with Crippen molar-refractivity contribution in [3.63, 3.8) is 0 Å². The molecule has 2 aromatic rings. The second-order valence-electron chi connectivity index (χ2n) is 3.39. The smallest absolute Gasteiger partial charge is 0.125 e. The molecule has 0 N–H and O–H groups in total. The summed E-state index contributed by atoms with van der Waals surface area (Å²) in [5.74, 6) is 0. The molecule has 1 heterocycles. The van der Waals surface area contributed by atoms with E-state index in [4.69, 9.17) is 23.2 Å². The molecule has 3 nitrogen and oxygen atoms in total. The fraction of sp³-hybridized carbons (Fsp3) is 0.0833. The summed E-state index contributed by atoms with van der Waals surface area (Å²) in [6, 6.07) is 7.02. The van der Waals surface area contributed by atoms with Crippen LogP contribution in [0.3, 0.4) is 0 Å². The summed E-state index contributed by atoms with van der Waals surface area (Å²) >= 11 is 11.8. The van der Waals surface area contributed by atoms with E-state index < -0.39 is 0 Å². The predicted octanol–water partition coefficient (Wildman–Crippen LogP) is 3.19. The molecule has 0 aliphatic rings. The number of nitrogens with zero attached hydrogens (tertiary/aromatic N) is 2. The van der Waals surface area contributed by atoms with Crippen molar-refractivity contribution in [1.82, 2.24) is 9.97 Å². The third-order valence-corrected chi connectivity index (χ3v) is 2.97. The van der Waals surface area contributed by atoms with Crippen LogP contribution in [0.15, 0.2) is 30.6 Å². The van der Waals surface area contributed by atoms with Gasteiger partial charge in [-0.2, -0.15) is 0 Å². The number of benzene rings is 1. The zero-order valence-corrected chi connectivity index (χ0v) is 10.2. The number of aromatic nitrogens is 2. The topological polar surface area (TPSA) is 42.9 Å². The number of hydrogen-bond donors (Lipinski definition) is 0. The highest BCUT2D eigenvalue weighted by Crippen LogP contribution is 2.27. The second kappa shape index (κ2) is 5.25. The summed E-state index contributed by atoms with van der Waals surface area (Å²) in [7, 11) is 0. The largest absolute Gasteiger partial charge is 0.303 e. The van der Waals surface area contributed by atoms with E-state index in [0.717, 1.165) is 17.5 Å². The minimum atomic E-state index is 0.275. The average molecular weight is 267 g/mol. The summed E-state index contributed by atoms with van der Waals surface area (Å²) < 4.78 is 0. The Kier molecular flexibility index (Phi) is 3.71. The molecular formula is C12H8Cl2N2O. The molecule has 1 aromatic heterocycles. The van der Waals surface area contributed by atoms with Crippen molar-refractivity contribution in [3.05, 3.63) is 46.3 Å². The number of aldehydes is 1. The first-order chi connectivity index (χ1) is 8.20. The van der Waals surface area contributed by atoms with E-state index >= 15 is 0 Å². The molecule has 0 unspecified atom stereocenters. The van der Waals surface area contributed by atoms with Gasteiger partial charge >= 0.3 is 0 Å². The molecule has 2 rings (SSSR count). The van der Waals surface area contributed by atoms with Gasteiger partial charge in [0.05, 0.1) is 21.4 Å². The van der Waals surface area contributed by atoms with E-state index in [0.29, 0.717) is 15.7 Å². The van der Waals surface area contributed by atoms with Crippen LogP contribution in [0.2, 0.25) is 10.0 Å². The van der Waals surface area contributed by atoms with E-state index in [1.165, 1.54) is 6.33 Å². The highest BCUT2D eigenvalue weighted by atomic mass is 35.5. The molecule has 5 heteroatoms. The number of hydrogen-bond acceptors (Lipinski definition) is 3. The average Bonchev–Trinajstić information content (AvgIpc) is 2.33. The maximum absolute atomic E-state index is 10.4. The standard InChI is InChI=1S/C12H8Cl2N2O/c13-10-2-1-8(5-11(10)14)12-6-9(3-4-17)15-7-16-12/h1-2,4-7H,3H2. The SMILES string of the molecule is O=CCc1cc(-c2ccc(Cl)c(Cl)c2)ncn1. The van der Waals surface area contributed by atoms with Crippen LogP contribution in [0, 0.1) is 0 Å². The number of halogens is 2. The molecule has 0 atom stereocenters. The summed E-state index contributed by atoms with van der Waals surface area (Å²) in [6.45, 7) is 0. The van der Waals surface area contributed by atoms with Crippen molar-refractivity contribution in [2.75, 3.05) is 0 Å². The summed E-state index contributed by atoms with van der Waals surface area (Å²) in [5.41, 5.74) is 2.24. The van der Waals surface area contributed by atoms with Crippen LogP contribution < -0.4 is 0 Å². The van der Waals surface area contributed by atoms with Crippen LogP contribution in [0.4, 0.5) is 0 Å². The third-order valence-electron chi connectivity index (χ3n) is 2.23. The van der Waals surface area contributed by atoms with E-state index in [1.807, 2.05) is 6.07 Å². The Morgan fingerprint density at radius 1 is 1.12 bits per heavy atom. The van der Waals surface area contributed by atoms with Crippen molar-refractivity contribution in [2.45, 2.75) is 6.42 Å². The van der Waals surface area contributed by atoms with Crippen LogP contribution in [-0.4, -0.2) is 16.3 Å². The zero-order valence-electron chi connectivity index (χ0n) is 8.73. The lowest BCUT2D eigenvalue weighted by Crippen LogP contribution is -1.94. The van der Waals surface area contributed by atoms with Gasteiger partial charge in [-0.3, -0.25) is 0 Å². The van der Waals surface area contributed by atoms with Crippen LogP contribution in [0.5, 0.6) is 0 Å². The summed E-state index contributed by atoms with van der Waals surface area (Å²) in [6.07, 6.45) is 2.51. The Morgan fingerprint density at radius 3 is 2.65 bits per heavy atom. The van der Waals surface area contributed by atoms with E-state index in [2.05, 4.69) is 9.97 Å². The zero-order chi connectivity index (χ0) is 12.3. The summed E-state index contributed by atoms with van der Waals surface area (Å²) in [4.78, 5) is 18.5. The Morgan fingerprint density at radius 2 is 1.94 bits per heavy atom. The van der Waals surface area contributed by atoms with Crippen LogP contribution in [0.1, 0.15) is 5.69 Å². The predicted molar refractivity (Wildman–Crippen MR) is 67.3 cm³/mol. The Balaban J connectivity index is 2.41. The molecule has 0 aliphatic heterocycles. The molecule has 1 aromatic carbocycles. The monoisotopic (exact) mass is 266 g/mol. The molecule has 0 spiro atoms. The van der Waals surface area contributed by atoms with Gasteiger partial charge in [0.15, 0.2) is 0 Å². The van der Waals surface area contributed by atoms with Gasteiger partial charge in [-0.15, -0.1) is 0 Å². The minimum absolute atomic E-state index is 0.275. The molecule has 0 saturated heterocycles. The van der Waals surface area contributed by atoms with Crippen molar-refractivity contribution in [1.29, 1.82) is 0 Å². The molecule has 17 heavy (non-hydrogen) atoms. The highest BCUT2D eigenvalue weighted by Gasteiger charge is 2.04. The summed E-state index contributed by atoms with van der Waals surface area (Å²) in [5, 5.41) is 0.970. The van der Waals surface area contributed by atoms with Crippen molar-refractivity contribution in [2.24, 2.45) is 0 Å². The van der Waals surface area contributed by atoms with Crippen molar-refractivity contribution < 1.29 is 4.79 Å². The first-order valence-electron chi connectivity index (χ1n) is 4.90. The number of rotatable bonds is 3. The lowest BCUT2D eigenvalue weighted by Gasteiger charge is -2.03. The first kappa shape index (κ1) is 12.0. The maximum atomic E-state index is 10.4.